The highest BCUT2D eigenvalue weighted by Crippen LogP contribution is 2.27. The van der Waals surface area contributed by atoms with Crippen LogP contribution in [-0.2, 0) is 0 Å². The third kappa shape index (κ3) is 3.74. The summed E-state index contributed by atoms with van der Waals surface area (Å²) in [6, 6.07) is 10.8. The van der Waals surface area contributed by atoms with E-state index in [0.29, 0.717) is 17.7 Å². The van der Waals surface area contributed by atoms with Crippen molar-refractivity contribution in [3.8, 4) is 11.1 Å². The van der Waals surface area contributed by atoms with E-state index in [2.05, 4.69) is 4.90 Å². The standard InChI is InChI=1S/C22H24F2N2O/c23-20-8-2-1-7-18(20)16-9-10-19(21(24)14-16)22(27)26-13-5-6-17(26)15-25-11-3-4-12-25/h1-2,7-10,14,17H,3-6,11-13,15H2. The molecule has 3 nitrogen and oxygen atoms in total. The molecular formula is C22H24F2N2O. The van der Waals surface area contributed by atoms with Crippen LogP contribution in [0, 0.1) is 11.6 Å². The van der Waals surface area contributed by atoms with Crippen molar-refractivity contribution in [3.63, 3.8) is 0 Å². The Kier molecular flexibility index (Phi) is 5.21. The molecule has 0 spiro atoms. The first-order valence-electron chi connectivity index (χ1n) is 9.71. The lowest BCUT2D eigenvalue weighted by molar-refractivity contribution is 0.0704. The molecule has 2 heterocycles. The first-order chi connectivity index (χ1) is 13.1. The number of carbonyl (C=O) groups excluding carboxylic acids is 1. The van der Waals surface area contributed by atoms with Gasteiger partial charge in [-0.15, -0.1) is 0 Å². The third-order valence-electron chi connectivity index (χ3n) is 5.69. The molecule has 2 aromatic rings. The summed E-state index contributed by atoms with van der Waals surface area (Å²) in [6.07, 6.45) is 4.36. The summed E-state index contributed by atoms with van der Waals surface area (Å²) >= 11 is 0. The average molecular weight is 370 g/mol. The zero-order valence-corrected chi connectivity index (χ0v) is 15.3. The van der Waals surface area contributed by atoms with Crippen molar-refractivity contribution in [1.82, 2.24) is 9.80 Å². The van der Waals surface area contributed by atoms with Gasteiger partial charge in [0, 0.05) is 24.7 Å². The molecule has 2 aliphatic rings. The van der Waals surface area contributed by atoms with Crippen LogP contribution >= 0.6 is 0 Å². The number of carbonyl (C=O) groups is 1. The second-order valence-electron chi connectivity index (χ2n) is 7.48. The SMILES string of the molecule is O=C(c1ccc(-c2ccccc2F)cc1F)N1CCCC1CN1CCCC1. The molecular weight excluding hydrogens is 346 g/mol. The minimum atomic E-state index is -0.590. The molecule has 1 amide bonds. The van der Waals surface area contributed by atoms with Gasteiger partial charge in [0.25, 0.3) is 5.91 Å². The fraction of sp³-hybridized carbons (Fsp3) is 0.409. The normalized spacial score (nSPS) is 20.4. The summed E-state index contributed by atoms with van der Waals surface area (Å²) in [5.41, 5.74) is 0.851. The Balaban J connectivity index is 1.54. The fourth-order valence-electron chi connectivity index (χ4n) is 4.26. The van der Waals surface area contributed by atoms with Gasteiger partial charge in [-0.3, -0.25) is 4.79 Å². The number of rotatable bonds is 4. The van der Waals surface area contributed by atoms with E-state index in [-0.39, 0.29) is 17.5 Å². The molecule has 0 saturated carbocycles. The maximum absolute atomic E-state index is 14.7. The van der Waals surface area contributed by atoms with E-state index in [4.69, 9.17) is 0 Å². The van der Waals surface area contributed by atoms with E-state index in [1.807, 2.05) is 4.90 Å². The van der Waals surface area contributed by atoms with Crippen LogP contribution < -0.4 is 0 Å². The summed E-state index contributed by atoms with van der Waals surface area (Å²) < 4.78 is 28.7. The molecule has 0 bridgehead atoms. The first kappa shape index (κ1) is 18.1. The summed E-state index contributed by atoms with van der Waals surface area (Å²) in [6.45, 7) is 3.72. The van der Waals surface area contributed by atoms with Gasteiger partial charge in [0.05, 0.1) is 5.56 Å². The van der Waals surface area contributed by atoms with Gasteiger partial charge < -0.3 is 9.80 Å². The molecule has 5 heteroatoms. The Morgan fingerprint density at radius 1 is 0.963 bits per heavy atom. The Morgan fingerprint density at radius 3 is 2.48 bits per heavy atom. The summed E-state index contributed by atoms with van der Waals surface area (Å²) in [4.78, 5) is 17.2. The first-order valence-corrected chi connectivity index (χ1v) is 9.71. The molecule has 27 heavy (non-hydrogen) atoms. The largest absolute Gasteiger partial charge is 0.334 e. The van der Waals surface area contributed by atoms with Gasteiger partial charge in [-0.25, -0.2) is 8.78 Å². The zero-order chi connectivity index (χ0) is 18.8. The number of benzene rings is 2. The highest BCUT2D eigenvalue weighted by atomic mass is 19.1. The number of hydrogen-bond donors (Lipinski definition) is 0. The number of amides is 1. The second-order valence-corrected chi connectivity index (χ2v) is 7.48. The maximum Gasteiger partial charge on any atom is 0.257 e. The van der Waals surface area contributed by atoms with Crippen molar-refractivity contribution in [2.75, 3.05) is 26.2 Å². The molecule has 2 aliphatic heterocycles. The van der Waals surface area contributed by atoms with Crippen molar-refractivity contribution in [2.45, 2.75) is 31.7 Å². The fourth-order valence-corrected chi connectivity index (χ4v) is 4.26. The molecule has 2 fully saturated rings. The van der Waals surface area contributed by atoms with Crippen molar-refractivity contribution in [3.05, 3.63) is 59.7 Å². The molecule has 2 saturated heterocycles. The molecule has 0 radical (unpaired) electrons. The van der Waals surface area contributed by atoms with E-state index in [1.165, 1.54) is 31.0 Å². The molecule has 142 valence electrons. The summed E-state index contributed by atoms with van der Waals surface area (Å²) in [5, 5.41) is 0. The van der Waals surface area contributed by atoms with Crippen LogP contribution in [0.3, 0.4) is 0 Å². The third-order valence-corrected chi connectivity index (χ3v) is 5.69. The van der Waals surface area contributed by atoms with Crippen LogP contribution in [0.25, 0.3) is 11.1 Å². The summed E-state index contributed by atoms with van der Waals surface area (Å²) in [5.74, 6) is -1.25. The quantitative estimate of drug-likeness (QED) is 0.800. The van der Waals surface area contributed by atoms with E-state index in [0.717, 1.165) is 32.5 Å². The molecule has 0 aromatic heterocycles. The molecule has 1 atom stereocenters. The van der Waals surface area contributed by atoms with Gasteiger partial charge >= 0.3 is 0 Å². The van der Waals surface area contributed by atoms with Crippen molar-refractivity contribution >= 4 is 5.91 Å². The van der Waals surface area contributed by atoms with Crippen LogP contribution in [0.2, 0.25) is 0 Å². The van der Waals surface area contributed by atoms with Gasteiger partial charge in [0.1, 0.15) is 11.6 Å². The van der Waals surface area contributed by atoms with Gasteiger partial charge in [0.15, 0.2) is 0 Å². The average Bonchev–Trinajstić information content (AvgIpc) is 3.34. The molecule has 4 rings (SSSR count). The number of nitrogens with zero attached hydrogens (tertiary/aromatic N) is 2. The maximum atomic E-state index is 14.7. The van der Waals surface area contributed by atoms with Crippen LogP contribution in [-0.4, -0.2) is 47.9 Å². The van der Waals surface area contributed by atoms with Crippen molar-refractivity contribution < 1.29 is 13.6 Å². The van der Waals surface area contributed by atoms with E-state index >= 15 is 0 Å². The van der Waals surface area contributed by atoms with Crippen molar-refractivity contribution in [2.24, 2.45) is 0 Å². The highest BCUT2D eigenvalue weighted by Gasteiger charge is 2.32. The molecule has 1 unspecified atom stereocenters. The molecule has 0 aliphatic carbocycles. The van der Waals surface area contributed by atoms with Gasteiger partial charge in [-0.1, -0.05) is 24.3 Å². The lowest BCUT2D eigenvalue weighted by Gasteiger charge is -2.28. The van der Waals surface area contributed by atoms with Crippen LogP contribution in [0.15, 0.2) is 42.5 Å². The van der Waals surface area contributed by atoms with Crippen LogP contribution in [0.4, 0.5) is 8.78 Å². The topological polar surface area (TPSA) is 23.6 Å². The van der Waals surface area contributed by atoms with Crippen LogP contribution in [0.1, 0.15) is 36.0 Å². The number of hydrogen-bond acceptors (Lipinski definition) is 2. The number of halogens is 2. The monoisotopic (exact) mass is 370 g/mol. The van der Waals surface area contributed by atoms with E-state index < -0.39 is 11.6 Å². The summed E-state index contributed by atoms with van der Waals surface area (Å²) in [7, 11) is 0. The van der Waals surface area contributed by atoms with Gasteiger partial charge in [-0.2, -0.15) is 0 Å². The lowest BCUT2D eigenvalue weighted by atomic mass is 10.0. The highest BCUT2D eigenvalue weighted by molar-refractivity contribution is 5.95. The Hall–Kier alpha value is -2.27. The van der Waals surface area contributed by atoms with Crippen LogP contribution in [0.5, 0.6) is 0 Å². The molecule has 2 aromatic carbocycles. The van der Waals surface area contributed by atoms with Crippen molar-refractivity contribution in [1.29, 1.82) is 0 Å². The molecule has 0 N–H and O–H groups in total. The van der Waals surface area contributed by atoms with E-state index in [1.54, 1.807) is 24.3 Å². The predicted molar refractivity (Wildman–Crippen MR) is 102 cm³/mol. The Bertz CT molecular complexity index is 833. The lowest BCUT2D eigenvalue weighted by Crippen LogP contribution is -2.42. The predicted octanol–water partition coefficient (Wildman–Crippen LogP) is 4.33. The van der Waals surface area contributed by atoms with Gasteiger partial charge in [-0.05, 0) is 62.5 Å². The Morgan fingerprint density at radius 2 is 1.74 bits per heavy atom. The minimum absolute atomic E-state index is 0.0726. The second kappa shape index (κ2) is 7.77. The van der Waals surface area contributed by atoms with Gasteiger partial charge in [0.2, 0.25) is 0 Å². The Labute approximate surface area is 158 Å². The number of likely N-dealkylation sites (tertiary alicyclic amines) is 2. The minimum Gasteiger partial charge on any atom is -0.334 e. The zero-order valence-electron chi connectivity index (χ0n) is 15.3. The van der Waals surface area contributed by atoms with E-state index in [9.17, 15) is 13.6 Å². The smallest absolute Gasteiger partial charge is 0.257 e.